The highest BCUT2D eigenvalue weighted by molar-refractivity contribution is 5.52. The van der Waals surface area contributed by atoms with Gasteiger partial charge in [-0.3, -0.25) is 10.1 Å². The standard InChI is InChI=1S/C8H4F2N2O2/c1-4-2-6(9)8(12(13)14)5(3-11)7(4)10/h2H,1H3. The van der Waals surface area contributed by atoms with Gasteiger partial charge in [0.05, 0.1) is 4.92 Å². The summed E-state index contributed by atoms with van der Waals surface area (Å²) in [5.41, 5.74) is -2.12. The van der Waals surface area contributed by atoms with E-state index in [2.05, 4.69) is 0 Å². The molecule has 14 heavy (non-hydrogen) atoms. The van der Waals surface area contributed by atoms with Crippen molar-refractivity contribution in [1.82, 2.24) is 0 Å². The number of hydrogen-bond acceptors (Lipinski definition) is 3. The molecule has 0 aliphatic rings. The molecular weight excluding hydrogens is 194 g/mol. The van der Waals surface area contributed by atoms with Crippen molar-refractivity contribution in [1.29, 1.82) is 5.26 Å². The molecule has 1 rings (SSSR count). The maximum Gasteiger partial charge on any atom is 0.325 e. The largest absolute Gasteiger partial charge is 0.325 e. The maximum atomic E-state index is 13.1. The van der Waals surface area contributed by atoms with Crippen LogP contribution < -0.4 is 0 Å². The molecule has 0 fully saturated rings. The Morgan fingerprint density at radius 3 is 2.57 bits per heavy atom. The number of hydrogen-bond donors (Lipinski definition) is 0. The van der Waals surface area contributed by atoms with Crippen molar-refractivity contribution in [2.75, 3.05) is 0 Å². The summed E-state index contributed by atoms with van der Waals surface area (Å²) in [5.74, 6) is -2.26. The predicted octanol–water partition coefficient (Wildman–Crippen LogP) is 2.05. The van der Waals surface area contributed by atoms with Crippen LogP contribution in [0.25, 0.3) is 0 Å². The van der Waals surface area contributed by atoms with E-state index in [0.717, 1.165) is 0 Å². The van der Waals surface area contributed by atoms with Gasteiger partial charge in [-0.15, -0.1) is 0 Å². The molecule has 0 saturated heterocycles. The first kappa shape index (κ1) is 10.1. The van der Waals surface area contributed by atoms with Crippen molar-refractivity contribution in [2.45, 2.75) is 6.92 Å². The smallest absolute Gasteiger partial charge is 0.258 e. The van der Waals surface area contributed by atoms with Gasteiger partial charge in [0.25, 0.3) is 0 Å². The van der Waals surface area contributed by atoms with Gasteiger partial charge in [0, 0.05) is 0 Å². The zero-order valence-electron chi connectivity index (χ0n) is 7.04. The highest BCUT2D eigenvalue weighted by Crippen LogP contribution is 2.26. The van der Waals surface area contributed by atoms with E-state index in [0.29, 0.717) is 6.07 Å². The van der Waals surface area contributed by atoms with E-state index in [1.54, 1.807) is 0 Å². The summed E-state index contributed by atoms with van der Waals surface area (Å²) < 4.78 is 26.1. The van der Waals surface area contributed by atoms with Crippen LogP contribution in [0.2, 0.25) is 0 Å². The Morgan fingerprint density at radius 2 is 2.14 bits per heavy atom. The monoisotopic (exact) mass is 198 g/mol. The molecule has 4 nitrogen and oxygen atoms in total. The van der Waals surface area contributed by atoms with Crippen LogP contribution in [0.5, 0.6) is 0 Å². The van der Waals surface area contributed by atoms with Crippen LogP contribution >= 0.6 is 0 Å². The van der Waals surface area contributed by atoms with Crippen LogP contribution in [-0.4, -0.2) is 4.92 Å². The molecule has 0 bridgehead atoms. The summed E-state index contributed by atoms with van der Waals surface area (Å²) in [6.45, 7) is 1.23. The number of halogens is 2. The van der Waals surface area contributed by atoms with E-state index >= 15 is 0 Å². The lowest BCUT2D eigenvalue weighted by molar-refractivity contribution is -0.388. The molecule has 0 saturated carbocycles. The van der Waals surface area contributed by atoms with Crippen molar-refractivity contribution < 1.29 is 13.7 Å². The molecule has 0 radical (unpaired) electrons. The Labute approximate surface area is 77.5 Å². The second-order valence-corrected chi connectivity index (χ2v) is 2.58. The van der Waals surface area contributed by atoms with E-state index in [1.807, 2.05) is 0 Å². The molecule has 1 aromatic rings. The summed E-state index contributed by atoms with van der Waals surface area (Å²) in [6.07, 6.45) is 0. The lowest BCUT2D eigenvalue weighted by Gasteiger charge is -2.00. The molecule has 0 aliphatic heterocycles. The average Bonchev–Trinajstić information content (AvgIpc) is 2.09. The van der Waals surface area contributed by atoms with Gasteiger partial charge in [-0.25, -0.2) is 4.39 Å². The van der Waals surface area contributed by atoms with Crippen molar-refractivity contribution in [3.63, 3.8) is 0 Å². The van der Waals surface area contributed by atoms with Crippen molar-refractivity contribution in [3.05, 3.63) is 38.9 Å². The molecular formula is C8H4F2N2O2. The van der Waals surface area contributed by atoms with Gasteiger partial charge in [0.1, 0.15) is 6.07 Å². The topological polar surface area (TPSA) is 66.9 Å². The SMILES string of the molecule is Cc1cc(F)c([N+](=O)[O-])c(C#N)c1F. The van der Waals surface area contributed by atoms with Crippen molar-refractivity contribution in [2.24, 2.45) is 0 Å². The van der Waals surface area contributed by atoms with E-state index in [4.69, 9.17) is 5.26 Å². The molecule has 6 heteroatoms. The zero-order chi connectivity index (χ0) is 10.9. The Morgan fingerprint density at radius 1 is 1.57 bits per heavy atom. The summed E-state index contributed by atoms with van der Waals surface area (Å²) in [7, 11) is 0. The van der Waals surface area contributed by atoms with E-state index in [9.17, 15) is 18.9 Å². The predicted molar refractivity (Wildman–Crippen MR) is 42.5 cm³/mol. The summed E-state index contributed by atoms with van der Waals surface area (Å²) in [6, 6.07) is 1.96. The molecule has 0 heterocycles. The van der Waals surface area contributed by atoms with E-state index in [-0.39, 0.29) is 5.56 Å². The molecule has 72 valence electrons. The maximum absolute atomic E-state index is 13.1. The average molecular weight is 198 g/mol. The van der Waals surface area contributed by atoms with Gasteiger partial charge < -0.3 is 0 Å². The second kappa shape index (κ2) is 3.38. The molecule has 0 unspecified atom stereocenters. The fraction of sp³-hybridized carbons (Fsp3) is 0.125. The van der Waals surface area contributed by atoms with Gasteiger partial charge >= 0.3 is 5.69 Å². The number of nitro groups is 1. The summed E-state index contributed by atoms with van der Waals surface area (Å²) in [4.78, 5) is 9.20. The minimum atomic E-state index is -1.20. The van der Waals surface area contributed by atoms with Gasteiger partial charge in [-0.1, -0.05) is 0 Å². The van der Waals surface area contributed by atoms with E-state index in [1.165, 1.54) is 13.0 Å². The van der Waals surface area contributed by atoms with Gasteiger partial charge in [-0.2, -0.15) is 9.65 Å². The first-order valence-electron chi connectivity index (χ1n) is 3.52. The molecule has 1 aromatic carbocycles. The molecule has 0 atom stereocenters. The van der Waals surface area contributed by atoms with Gasteiger partial charge in [0.15, 0.2) is 11.4 Å². The Balaban J connectivity index is 3.66. The zero-order valence-corrected chi connectivity index (χ0v) is 7.04. The van der Waals surface area contributed by atoms with Crippen LogP contribution in [0, 0.1) is 40.0 Å². The number of rotatable bonds is 1. The minimum Gasteiger partial charge on any atom is -0.258 e. The van der Waals surface area contributed by atoms with Gasteiger partial charge in [-0.05, 0) is 18.6 Å². The summed E-state index contributed by atoms with van der Waals surface area (Å²) >= 11 is 0. The lowest BCUT2D eigenvalue weighted by atomic mass is 10.1. The third-order valence-electron chi connectivity index (χ3n) is 1.67. The van der Waals surface area contributed by atoms with Crippen LogP contribution in [0.15, 0.2) is 6.07 Å². The summed E-state index contributed by atoms with van der Waals surface area (Å²) in [5, 5.41) is 18.7. The van der Waals surface area contributed by atoms with Crippen LogP contribution in [0.4, 0.5) is 14.5 Å². The Hall–Kier alpha value is -2.03. The number of nitrogens with zero attached hydrogens (tertiary/aromatic N) is 2. The normalized spacial score (nSPS) is 9.57. The fourth-order valence-electron chi connectivity index (χ4n) is 1.02. The molecule has 0 aliphatic carbocycles. The van der Waals surface area contributed by atoms with Crippen molar-refractivity contribution >= 4 is 5.69 Å². The third-order valence-corrected chi connectivity index (χ3v) is 1.67. The van der Waals surface area contributed by atoms with Crippen LogP contribution in [0.1, 0.15) is 11.1 Å². The number of aryl methyl sites for hydroxylation is 1. The number of nitriles is 1. The fourth-order valence-corrected chi connectivity index (χ4v) is 1.02. The second-order valence-electron chi connectivity index (χ2n) is 2.58. The molecule has 0 amide bonds. The Bertz CT molecular complexity index is 452. The van der Waals surface area contributed by atoms with Crippen LogP contribution in [0.3, 0.4) is 0 Å². The minimum absolute atomic E-state index is 0.135. The lowest BCUT2D eigenvalue weighted by Crippen LogP contribution is -2.01. The quantitative estimate of drug-likeness (QED) is 0.512. The molecule has 0 spiro atoms. The first-order chi connectivity index (χ1) is 6.49. The molecule has 0 N–H and O–H groups in total. The number of benzene rings is 1. The Kier molecular flexibility index (Phi) is 2.42. The van der Waals surface area contributed by atoms with Gasteiger partial charge in [0.2, 0.25) is 5.82 Å². The van der Waals surface area contributed by atoms with E-state index < -0.39 is 27.8 Å². The highest BCUT2D eigenvalue weighted by Gasteiger charge is 2.25. The molecule has 0 aromatic heterocycles. The van der Waals surface area contributed by atoms with Crippen LogP contribution in [-0.2, 0) is 0 Å². The number of nitro benzene ring substituents is 1. The first-order valence-corrected chi connectivity index (χ1v) is 3.52. The third kappa shape index (κ3) is 1.40. The van der Waals surface area contributed by atoms with Crippen molar-refractivity contribution in [3.8, 4) is 6.07 Å². The highest BCUT2D eigenvalue weighted by atomic mass is 19.1.